The van der Waals surface area contributed by atoms with Gasteiger partial charge in [-0.2, -0.15) is 0 Å². The molecule has 1 saturated heterocycles. The van der Waals surface area contributed by atoms with Crippen LogP contribution in [0.15, 0.2) is 41.5 Å². The third-order valence-electron chi connectivity index (χ3n) is 6.76. The van der Waals surface area contributed by atoms with Crippen LogP contribution in [0.3, 0.4) is 0 Å². The molecule has 0 atom stereocenters. The minimum absolute atomic E-state index is 0.0551. The number of nitrogens with zero attached hydrogens (tertiary/aromatic N) is 4. The fourth-order valence-electron chi connectivity index (χ4n) is 5.22. The standard InChI is InChI=1S/C25H32N4O2/c1-19-15-29(18-26-19)23-9-8-20(14-22(23)16-30-2)13-21-7-6-12-28-17-25(31-27-24(21)28)10-4-3-5-11-25/h8-9,13-15,18H,3-7,10-12,16-17H2,1-2H3/b21-13+. The summed E-state index contributed by atoms with van der Waals surface area (Å²) in [5.41, 5.74) is 5.64. The second-order valence-corrected chi connectivity index (χ2v) is 9.19. The van der Waals surface area contributed by atoms with Crippen LogP contribution in [0.5, 0.6) is 0 Å². The second-order valence-electron chi connectivity index (χ2n) is 9.19. The number of hydrogen-bond acceptors (Lipinski definition) is 5. The molecular formula is C25H32N4O2. The highest BCUT2D eigenvalue weighted by molar-refractivity contribution is 6.02. The fourth-order valence-corrected chi connectivity index (χ4v) is 5.22. The van der Waals surface area contributed by atoms with E-state index in [-0.39, 0.29) is 5.60 Å². The van der Waals surface area contributed by atoms with E-state index in [1.54, 1.807) is 7.11 Å². The van der Waals surface area contributed by atoms with Crippen LogP contribution in [0.2, 0.25) is 0 Å². The normalized spacial score (nSPS) is 21.7. The van der Waals surface area contributed by atoms with Crippen molar-refractivity contribution in [2.24, 2.45) is 5.16 Å². The molecule has 0 unspecified atom stereocenters. The quantitative estimate of drug-likeness (QED) is 0.709. The topological polar surface area (TPSA) is 51.9 Å². The predicted octanol–water partition coefficient (Wildman–Crippen LogP) is 4.85. The molecule has 1 aromatic heterocycles. The molecule has 3 aliphatic rings. The van der Waals surface area contributed by atoms with E-state index in [2.05, 4.69) is 43.9 Å². The molecule has 164 valence electrons. The maximum absolute atomic E-state index is 6.16. The first-order valence-corrected chi connectivity index (χ1v) is 11.5. The monoisotopic (exact) mass is 420 g/mol. The Kier molecular flexibility index (Phi) is 5.57. The first kappa shape index (κ1) is 20.3. The number of ether oxygens (including phenoxy) is 1. The zero-order valence-electron chi connectivity index (χ0n) is 18.6. The molecule has 0 N–H and O–H groups in total. The van der Waals surface area contributed by atoms with E-state index in [0.717, 1.165) is 61.6 Å². The van der Waals surface area contributed by atoms with Gasteiger partial charge in [-0.15, -0.1) is 0 Å². The zero-order chi connectivity index (χ0) is 21.3. The van der Waals surface area contributed by atoms with E-state index in [9.17, 15) is 0 Å². The highest BCUT2D eigenvalue weighted by atomic mass is 16.7. The van der Waals surface area contributed by atoms with Crippen molar-refractivity contribution in [2.45, 2.75) is 64.1 Å². The van der Waals surface area contributed by atoms with Crippen LogP contribution < -0.4 is 0 Å². The number of rotatable bonds is 4. The minimum atomic E-state index is -0.0551. The highest BCUT2D eigenvalue weighted by Crippen LogP contribution is 2.37. The van der Waals surface area contributed by atoms with Crippen LogP contribution in [0.1, 0.15) is 61.8 Å². The smallest absolute Gasteiger partial charge is 0.171 e. The summed E-state index contributed by atoms with van der Waals surface area (Å²) in [6.07, 6.45) is 14.5. The highest BCUT2D eigenvalue weighted by Gasteiger charge is 2.41. The van der Waals surface area contributed by atoms with E-state index in [4.69, 9.17) is 9.57 Å². The van der Waals surface area contributed by atoms with E-state index >= 15 is 0 Å². The average Bonchev–Trinajstić information content (AvgIpc) is 3.21. The summed E-state index contributed by atoms with van der Waals surface area (Å²) < 4.78 is 7.55. The van der Waals surface area contributed by atoms with E-state index in [0.29, 0.717) is 6.61 Å². The summed E-state index contributed by atoms with van der Waals surface area (Å²) in [6.45, 7) is 4.62. The maximum Gasteiger partial charge on any atom is 0.171 e. The van der Waals surface area contributed by atoms with Crippen molar-refractivity contribution >= 4 is 11.9 Å². The zero-order valence-corrected chi connectivity index (χ0v) is 18.6. The molecule has 6 nitrogen and oxygen atoms in total. The van der Waals surface area contributed by atoms with Crippen molar-refractivity contribution in [1.82, 2.24) is 14.5 Å². The number of aryl methyl sites for hydroxylation is 1. The minimum Gasteiger partial charge on any atom is -0.386 e. The molecule has 0 amide bonds. The maximum atomic E-state index is 6.16. The number of imidazole rings is 1. The number of fused-ring (bicyclic) bond motifs is 1. The van der Waals surface area contributed by atoms with Gasteiger partial charge in [0.1, 0.15) is 0 Å². The average molecular weight is 421 g/mol. The summed E-state index contributed by atoms with van der Waals surface area (Å²) in [5, 5.41) is 4.67. The molecule has 6 heteroatoms. The Bertz CT molecular complexity index is 1000. The van der Waals surface area contributed by atoms with Crippen molar-refractivity contribution in [3.63, 3.8) is 0 Å². The Morgan fingerprint density at radius 1 is 1.19 bits per heavy atom. The molecule has 1 aliphatic carbocycles. The van der Waals surface area contributed by atoms with Crippen molar-refractivity contribution in [2.75, 3.05) is 20.2 Å². The fraction of sp³-hybridized carbons (Fsp3) is 0.520. The number of methoxy groups -OCH3 is 1. The van der Waals surface area contributed by atoms with Crippen molar-refractivity contribution < 1.29 is 9.57 Å². The first-order valence-electron chi connectivity index (χ1n) is 11.5. The molecule has 1 spiro atoms. The van der Waals surface area contributed by atoms with Gasteiger partial charge in [0.2, 0.25) is 0 Å². The van der Waals surface area contributed by atoms with Crippen LogP contribution in [0.4, 0.5) is 0 Å². The number of benzene rings is 1. The first-order chi connectivity index (χ1) is 15.2. The predicted molar refractivity (Wildman–Crippen MR) is 122 cm³/mol. The molecule has 0 radical (unpaired) electrons. The summed E-state index contributed by atoms with van der Waals surface area (Å²) >= 11 is 0. The molecule has 0 bridgehead atoms. The summed E-state index contributed by atoms with van der Waals surface area (Å²) in [6, 6.07) is 6.54. The molecule has 1 saturated carbocycles. The van der Waals surface area contributed by atoms with E-state index in [1.165, 1.54) is 30.4 Å². The van der Waals surface area contributed by atoms with Crippen LogP contribution in [0.25, 0.3) is 11.8 Å². The molecule has 1 aromatic carbocycles. The summed E-state index contributed by atoms with van der Waals surface area (Å²) in [5.74, 6) is 1.03. The third kappa shape index (κ3) is 4.13. The summed E-state index contributed by atoms with van der Waals surface area (Å²) in [4.78, 5) is 13.0. The molecule has 5 rings (SSSR count). The Balaban J connectivity index is 1.43. The largest absolute Gasteiger partial charge is 0.386 e. The number of hydrogen-bond donors (Lipinski definition) is 0. The van der Waals surface area contributed by atoms with Gasteiger partial charge in [0.15, 0.2) is 11.4 Å². The molecule has 2 fully saturated rings. The SMILES string of the molecule is COCc1cc(/C=C2\CCCN3CC4(CCCCC4)ON=C23)ccc1-n1cnc(C)c1. The van der Waals surface area contributed by atoms with Crippen molar-refractivity contribution in [3.05, 3.63) is 53.1 Å². The molecule has 2 aliphatic heterocycles. The van der Waals surface area contributed by atoms with Crippen molar-refractivity contribution in [1.29, 1.82) is 0 Å². The van der Waals surface area contributed by atoms with Gasteiger partial charge in [0, 0.05) is 25.4 Å². The van der Waals surface area contributed by atoms with Gasteiger partial charge in [-0.05, 0) is 74.8 Å². The summed E-state index contributed by atoms with van der Waals surface area (Å²) in [7, 11) is 1.74. The number of oxime groups is 1. The Morgan fingerprint density at radius 3 is 2.84 bits per heavy atom. The number of aromatic nitrogens is 2. The molecule has 2 aromatic rings. The van der Waals surface area contributed by atoms with Gasteiger partial charge in [-0.3, -0.25) is 0 Å². The Morgan fingerprint density at radius 2 is 2.06 bits per heavy atom. The van der Waals surface area contributed by atoms with Crippen molar-refractivity contribution in [3.8, 4) is 5.69 Å². The third-order valence-corrected chi connectivity index (χ3v) is 6.76. The van der Waals surface area contributed by atoms with Gasteiger partial charge in [-0.25, -0.2) is 4.98 Å². The Labute approximate surface area is 184 Å². The van der Waals surface area contributed by atoms with Crippen LogP contribution in [0, 0.1) is 6.92 Å². The van der Waals surface area contributed by atoms with Gasteiger partial charge in [-0.1, -0.05) is 17.6 Å². The molecule has 31 heavy (non-hydrogen) atoms. The van der Waals surface area contributed by atoms with Crippen LogP contribution in [-0.4, -0.2) is 46.1 Å². The van der Waals surface area contributed by atoms with Crippen LogP contribution >= 0.6 is 0 Å². The lowest BCUT2D eigenvalue weighted by molar-refractivity contribution is -0.0953. The van der Waals surface area contributed by atoms with Gasteiger partial charge in [0.25, 0.3) is 0 Å². The Hall–Kier alpha value is -2.60. The van der Waals surface area contributed by atoms with Gasteiger partial charge < -0.3 is 19.0 Å². The van der Waals surface area contributed by atoms with Gasteiger partial charge >= 0.3 is 0 Å². The second kappa shape index (κ2) is 8.50. The van der Waals surface area contributed by atoms with Gasteiger partial charge in [0.05, 0.1) is 30.9 Å². The lowest BCUT2D eigenvalue weighted by Gasteiger charge is -2.45. The lowest BCUT2D eigenvalue weighted by atomic mass is 9.83. The number of piperidine rings is 1. The molecule has 3 heterocycles. The number of amidine groups is 1. The lowest BCUT2D eigenvalue weighted by Crippen LogP contribution is -2.53. The van der Waals surface area contributed by atoms with E-state index in [1.807, 2.05) is 19.4 Å². The van der Waals surface area contributed by atoms with E-state index < -0.39 is 0 Å². The molecular weight excluding hydrogens is 388 g/mol. The van der Waals surface area contributed by atoms with Crippen LogP contribution in [-0.2, 0) is 16.2 Å².